The summed E-state index contributed by atoms with van der Waals surface area (Å²) in [6.07, 6.45) is 1.97. The van der Waals surface area contributed by atoms with Gasteiger partial charge in [0.1, 0.15) is 23.6 Å². The molecule has 1 heterocycles. The second-order valence-electron chi connectivity index (χ2n) is 5.57. The Labute approximate surface area is 143 Å². The van der Waals surface area contributed by atoms with Gasteiger partial charge in [-0.2, -0.15) is 0 Å². The van der Waals surface area contributed by atoms with Crippen molar-refractivity contribution >= 4 is 5.91 Å². The predicted octanol–water partition coefficient (Wildman–Crippen LogP) is 3.87. The van der Waals surface area contributed by atoms with Crippen LogP contribution in [-0.4, -0.2) is 11.1 Å². The van der Waals surface area contributed by atoms with Gasteiger partial charge >= 0.3 is 0 Å². The average molecular weight is 342 g/mol. The first-order valence-electron chi connectivity index (χ1n) is 7.83. The average Bonchev–Trinajstić information content (AvgIpc) is 3.07. The SMILES string of the molecule is O=C(CCc1conc1-c1ccccc1F)NCc1cccc(F)c1. The number of aryl methyl sites for hydroxylation is 1. The largest absolute Gasteiger partial charge is 0.364 e. The smallest absolute Gasteiger partial charge is 0.220 e. The van der Waals surface area contributed by atoms with Crippen LogP contribution < -0.4 is 5.32 Å². The molecule has 2 aromatic carbocycles. The van der Waals surface area contributed by atoms with Gasteiger partial charge in [0.05, 0.1) is 0 Å². The molecule has 0 spiro atoms. The lowest BCUT2D eigenvalue weighted by atomic mass is 10.0. The quantitative estimate of drug-likeness (QED) is 0.740. The topological polar surface area (TPSA) is 55.1 Å². The summed E-state index contributed by atoms with van der Waals surface area (Å²) < 4.78 is 31.9. The summed E-state index contributed by atoms with van der Waals surface area (Å²) in [4.78, 5) is 12.0. The van der Waals surface area contributed by atoms with Gasteiger partial charge in [-0.3, -0.25) is 4.79 Å². The van der Waals surface area contributed by atoms with Crippen LogP contribution in [0.2, 0.25) is 0 Å². The van der Waals surface area contributed by atoms with Crippen LogP contribution >= 0.6 is 0 Å². The second-order valence-corrected chi connectivity index (χ2v) is 5.57. The Bertz CT molecular complexity index is 877. The van der Waals surface area contributed by atoms with E-state index in [9.17, 15) is 13.6 Å². The number of amides is 1. The number of carbonyl (C=O) groups excluding carboxylic acids is 1. The van der Waals surface area contributed by atoms with Gasteiger partial charge in [0.15, 0.2) is 0 Å². The molecule has 0 saturated carbocycles. The highest BCUT2D eigenvalue weighted by molar-refractivity contribution is 5.76. The van der Waals surface area contributed by atoms with Gasteiger partial charge in [-0.15, -0.1) is 0 Å². The Hall–Kier alpha value is -3.02. The molecule has 128 valence electrons. The van der Waals surface area contributed by atoms with Crippen LogP contribution in [0, 0.1) is 11.6 Å². The summed E-state index contributed by atoms with van der Waals surface area (Å²) in [5.74, 6) is -0.927. The van der Waals surface area contributed by atoms with Crippen LogP contribution in [0.4, 0.5) is 8.78 Å². The molecule has 0 fully saturated rings. The third-order valence-corrected chi connectivity index (χ3v) is 3.77. The zero-order valence-electron chi connectivity index (χ0n) is 13.3. The molecule has 3 rings (SSSR count). The fraction of sp³-hybridized carbons (Fsp3) is 0.158. The summed E-state index contributed by atoms with van der Waals surface area (Å²) in [6.45, 7) is 0.250. The summed E-state index contributed by atoms with van der Waals surface area (Å²) in [7, 11) is 0. The van der Waals surface area contributed by atoms with E-state index >= 15 is 0 Å². The highest BCUT2D eigenvalue weighted by Gasteiger charge is 2.15. The Balaban J connectivity index is 1.58. The molecule has 0 unspecified atom stereocenters. The van der Waals surface area contributed by atoms with Crippen LogP contribution in [0.3, 0.4) is 0 Å². The fourth-order valence-corrected chi connectivity index (χ4v) is 2.49. The molecule has 3 aromatic rings. The number of rotatable bonds is 6. The van der Waals surface area contributed by atoms with Crippen molar-refractivity contribution in [2.24, 2.45) is 0 Å². The molecule has 1 N–H and O–H groups in total. The van der Waals surface area contributed by atoms with E-state index in [0.29, 0.717) is 28.8 Å². The monoisotopic (exact) mass is 342 g/mol. The van der Waals surface area contributed by atoms with E-state index in [2.05, 4.69) is 10.5 Å². The van der Waals surface area contributed by atoms with Crippen molar-refractivity contribution in [3.63, 3.8) is 0 Å². The maximum Gasteiger partial charge on any atom is 0.220 e. The molecule has 0 aliphatic carbocycles. The zero-order valence-corrected chi connectivity index (χ0v) is 13.3. The lowest BCUT2D eigenvalue weighted by Crippen LogP contribution is -2.23. The minimum Gasteiger partial charge on any atom is -0.364 e. The van der Waals surface area contributed by atoms with E-state index < -0.39 is 5.82 Å². The van der Waals surface area contributed by atoms with Crippen LogP contribution in [0.1, 0.15) is 17.5 Å². The number of benzene rings is 2. The van der Waals surface area contributed by atoms with Crippen LogP contribution in [0.15, 0.2) is 59.3 Å². The van der Waals surface area contributed by atoms with E-state index in [1.165, 1.54) is 24.5 Å². The molecule has 0 bridgehead atoms. The van der Waals surface area contributed by atoms with E-state index in [-0.39, 0.29) is 24.7 Å². The summed E-state index contributed by atoms with van der Waals surface area (Å²) in [5.41, 5.74) is 2.08. The van der Waals surface area contributed by atoms with Crippen molar-refractivity contribution in [3.05, 3.63) is 77.6 Å². The standard InChI is InChI=1S/C19H16F2N2O2/c20-15-5-3-4-13(10-15)11-22-18(24)9-8-14-12-25-23-19(14)16-6-1-2-7-17(16)21/h1-7,10,12H,8-9,11H2,(H,22,24). The van der Waals surface area contributed by atoms with Crippen molar-refractivity contribution in [1.29, 1.82) is 0 Å². The number of nitrogens with zero attached hydrogens (tertiary/aromatic N) is 1. The van der Waals surface area contributed by atoms with Crippen molar-refractivity contribution < 1.29 is 18.1 Å². The Morgan fingerprint density at radius 1 is 1.12 bits per heavy atom. The van der Waals surface area contributed by atoms with E-state index in [0.717, 1.165) is 0 Å². The molecule has 0 saturated heterocycles. The summed E-state index contributed by atoms with van der Waals surface area (Å²) in [6, 6.07) is 12.3. The lowest BCUT2D eigenvalue weighted by Gasteiger charge is -2.06. The number of carbonyl (C=O) groups is 1. The molecular weight excluding hydrogens is 326 g/mol. The molecule has 1 aromatic heterocycles. The van der Waals surface area contributed by atoms with Crippen molar-refractivity contribution in [3.8, 4) is 11.3 Å². The fourth-order valence-electron chi connectivity index (χ4n) is 2.49. The molecule has 0 atom stereocenters. The van der Waals surface area contributed by atoms with Crippen LogP contribution in [-0.2, 0) is 17.8 Å². The van der Waals surface area contributed by atoms with Gasteiger partial charge in [0.25, 0.3) is 0 Å². The Morgan fingerprint density at radius 3 is 2.76 bits per heavy atom. The third-order valence-electron chi connectivity index (χ3n) is 3.77. The van der Waals surface area contributed by atoms with Crippen molar-refractivity contribution in [1.82, 2.24) is 10.5 Å². The minimum atomic E-state index is -0.395. The number of aromatic nitrogens is 1. The number of nitrogens with one attached hydrogen (secondary N) is 1. The second kappa shape index (κ2) is 7.70. The van der Waals surface area contributed by atoms with Crippen LogP contribution in [0.5, 0.6) is 0 Å². The highest BCUT2D eigenvalue weighted by atomic mass is 19.1. The summed E-state index contributed by atoms with van der Waals surface area (Å²) in [5, 5.41) is 6.57. The van der Waals surface area contributed by atoms with Crippen molar-refractivity contribution in [2.75, 3.05) is 0 Å². The van der Waals surface area contributed by atoms with Gasteiger partial charge in [-0.05, 0) is 36.2 Å². The van der Waals surface area contributed by atoms with Gasteiger partial charge in [-0.1, -0.05) is 29.4 Å². The molecule has 6 heteroatoms. The maximum absolute atomic E-state index is 13.9. The van der Waals surface area contributed by atoms with Gasteiger partial charge in [-0.25, -0.2) is 8.78 Å². The predicted molar refractivity (Wildman–Crippen MR) is 88.5 cm³/mol. The molecule has 0 radical (unpaired) electrons. The first kappa shape index (κ1) is 16.8. The number of hydrogen-bond acceptors (Lipinski definition) is 3. The lowest BCUT2D eigenvalue weighted by molar-refractivity contribution is -0.121. The summed E-state index contributed by atoms with van der Waals surface area (Å²) >= 11 is 0. The molecule has 0 aliphatic heterocycles. The van der Waals surface area contributed by atoms with Crippen molar-refractivity contribution in [2.45, 2.75) is 19.4 Å². The van der Waals surface area contributed by atoms with Gasteiger partial charge in [0, 0.05) is 24.1 Å². The molecule has 25 heavy (non-hydrogen) atoms. The Kier molecular flexibility index (Phi) is 5.18. The van der Waals surface area contributed by atoms with E-state index in [4.69, 9.17) is 4.52 Å². The molecule has 1 amide bonds. The van der Waals surface area contributed by atoms with E-state index in [1.54, 1.807) is 30.3 Å². The van der Waals surface area contributed by atoms with E-state index in [1.807, 2.05) is 0 Å². The van der Waals surface area contributed by atoms with Crippen LogP contribution in [0.25, 0.3) is 11.3 Å². The first-order valence-corrected chi connectivity index (χ1v) is 7.83. The molecule has 0 aliphatic rings. The zero-order chi connectivity index (χ0) is 17.6. The first-order chi connectivity index (χ1) is 12.1. The normalized spacial score (nSPS) is 10.6. The van der Waals surface area contributed by atoms with Gasteiger partial charge in [0.2, 0.25) is 5.91 Å². The third kappa shape index (κ3) is 4.29. The number of halogens is 2. The molecular formula is C19H16F2N2O2. The minimum absolute atomic E-state index is 0.190. The number of hydrogen-bond donors (Lipinski definition) is 1. The Morgan fingerprint density at radius 2 is 1.96 bits per heavy atom. The van der Waals surface area contributed by atoms with Gasteiger partial charge < -0.3 is 9.84 Å². The molecule has 4 nitrogen and oxygen atoms in total. The highest BCUT2D eigenvalue weighted by Crippen LogP contribution is 2.25. The maximum atomic E-state index is 13.9.